The summed E-state index contributed by atoms with van der Waals surface area (Å²) in [6.45, 7) is 2.41. The van der Waals surface area contributed by atoms with E-state index in [9.17, 15) is 5.11 Å². The van der Waals surface area contributed by atoms with Crippen LogP contribution in [-0.2, 0) is 4.74 Å². The van der Waals surface area contributed by atoms with Crippen LogP contribution in [0.3, 0.4) is 0 Å². The molecule has 2 heterocycles. The smallest absolute Gasteiger partial charge is 0.137 e. The van der Waals surface area contributed by atoms with Gasteiger partial charge in [-0.15, -0.1) is 0 Å². The Kier molecular flexibility index (Phi) is 4.42. The lowest BCUT2D eigenvalue weighted by atomic mass is 10.1. The molecule has 1 aromatic heterocycles. The third-order valence-electron chi connectivity index (χ3n) is 3.78. The molecule has 118 valence electrons. The van der Waals surface area contributed by atoms with Gasteiger partial charge in [-0.2, -0.15) is 0 Å². The summed E-state index contributed by atoms with van der Waals surface area (Å²) in [6, 6.07) is 7.74. The summed E-state index contributed by atoms with van der Waals surface area (Å²) >= 11 is 0. The molecule has 6 heteroatoms. The van der Waals surface area contributed by atoms with Gasteiger partial charge in [-0.05, 0) is 31.2 Å². The standard InChI is InChI=1S/C16H20N2O4/c1-2-21-12-5-3-11(4-6-12)13-8-18(10-17-13)16-7-14(20)15(9-19)22-16/h3-6,8,10,14-16,19-20H,2,7,9H2,1H3/t14-,15+,16+/m0/s1. The van der Waals surface area contributed by atoms with Crippen LogP contribution >= 0.6 is 0 Å². The molecule has 0 spiro atoms. The molecule has 1 aromatic carbocycles. The van der Waals surface area contributed by atoms with Crippen molar-refractivity contribution >= 4 is 0 Å². The maximum absolute atomic E-state index is 9.79. The van der Waals surface area contributed by atoms with Crippen molar-refractivity contribution in [2.75, 3.05) is 13.2 Å². The highest BCUT2D eigenvalue weighted by Crippen LogP contribution is 2.30. The van der Waals surface area contributed by atoms with Crippen LogP contribution in [0.4, 0.5) is 0 Å². The number of ether oxygens (including phenoxy) is 2. The number of nitrogens with zero attached hydrogens (tertiary/aromatic N) is 2. The van der Waals surface area contributed by atoms with Crippen molar-refractivity contribution in [2.24, 2.45) is 0 Å². The van der Waals surface area contributed by atoms with E-state index in [-0.39, 0.29) is 12.8 Å². The van der Waals surface area contributed by atoms with Gasteiger partial charge in [0.15, 0.2) is 0 Å². The fourth-order valence-electron chi connectivity index (χ4n) is 2.59. The van der Waals surface area contributed by atoms with E-state index < -0.39 is 12.2 Å². The summed E-state index contributed by atoms with van der Waals surface area (Å²) in [4.78, 5) is 4.38. The third-order valence-corrected chi connectivity index (χ3v) is 3.78. The summed E-state index contributed by atoms with van der Waals surface area (Å²) in [5.41, 5.74) is 1.81. The predicted molar refractivity (Wildman–Crippen MR) is 80.5 cm³/mol. The van der Waals surface area contributed by atoms with Gasteiger partial charge in [0.25, 0.3) is 0 Å². The number of benzene rings is 1. The summed E-state index contributed by atoms with van der Waals surface area (Å²) in [5.74, 6) is 0.832. The monoisotopic (exact) mass is 304 g/mol. The van der Waals surface area contributed by atoms with Gasteiger partial charge in [-0.1, -0.05) is 0 Å². The van der Waals surface area contributed by atoms with E-state index >= 15 is 0 Å². The van der Waals surface area contributed by atoms with Crippen molar-refractivity contribution < 1.29 is 19.7 Å². The Balaban J connectivity index is 1.73. The molecule has 0 radical (unpaired) electrons. The summed E-state index contributed by atoms with van der Waals surface area (Å²) in [6.07, 6.45) is 2.55. The van der Waals surface area contributed by atoms with Crippen LogP contribution < -0.4 is 4.74 Å². The fourth-order valence-corrected chi connectivity index (χ4v) is 2.59. The zero-order valence-electron chi connectivity index (χ0n) is 12.4. The molecule has 0 amide bonds. The maximum atomic E-state index is 9.79. The van der Waals surface area contributed by atoms with Crippen molar-refractivity contribution in [3.63, 3.8) is 0 Å². The lowest BCUT2D eigenvalue weighted by Gasteiger charge is -2.12. The van der Waals surface area contributed by atoms with Crippen LogP contribution in [0.1, 0.15) is 19.6 Å². The lowest BCUT2D eigenvalue weighted by molar-refractivity contribution is -0.0443. The molecule has 3 atom stereocenters. The average molecular weight is 304 g/mol. The molecule has 3 rings (SSSR count). The van der Waals surface area contributed by atoms with E-state index in [2.05, 4.69) is 4.98 Å². The number of aromatic nitrogens is 2. The van der Waals surface area contributed by atoms with Crippen molar-refractivity contribution in [1.82, 2.24) is 9.55 Å². The minimum Gasteiger partial charge on any atom is -0.494 e. The predicted octanol–water partition coefficient (Wildman–Crippen LogP) is 1.59. The molecule has 2 N–H and O–H groups in total. The first-order chi connectivity index (χ1) is 10.7. The van der Waals surface area contributed by atoms with Gasteiger partial charge < -0.3 is 24.3 Å². The molecule has 0 bridgehead atoms. The van der Waals surface area contributed by atoms with E-state index in [4.69, 9.17) is 14.6 Å². The molecule has 1 aliphatic heterocycles. The number of imidazole rings is 1. The van der Waals surface area contributed by atoms with Crippen LogP contribution in [0, 0.1) is 0 Å². The average Bonchev–Trinajstić information content (AvgIpc) is 3.15. The van der Waals surface area contributed by atoms with Crippen molar-refractivity contribution in [3.8, 4) is 17.0 Å². The fraction of sp³-hybridized carbons (Fsp3) is 0.438. The highest BCUT2D eigenvalue weighted by Gasteiger charge is 2.34. The second kappa shape index (κ2) is 6.48. The minimum absolute atomic E-state index is 0.182. The van der Waals surface area contributed by atoms with Crippen molar-refractivity contribution in [1.29, 1.82) is 0 Å². The number of hydrogen-bond acceptors (Lipinski definition) is 5. The molecule has 1 aliphatic rings. The van der Waals surface area contributed by atoms with Crippen LogP contribution in [0.25, 0.3) is 11.3 Å². The highest BCUT2D eigenvalue weighted by molar-refractivity contribution is 5.59. The van der Waals surface area contributed by atoms with Gasteiger partial charge in [-0.25, -0.2) is 4.98 Å². The Morgan fingerprint density at radius 3 is 2.77 bits per heavy atom. The molecule has 1 fully saturated rings. The van der Waals surface area contributed by atoms with E-state index in [0.717, 1.165) is 17.0 Å². The number of rotatable bonds is 5. The zero-order chi connectivity index (χ0) is 15.5. The van der Waals surface area contributed by atoms with Gasteiger partial charge in [0.05, 0.1) is 31.3 Å². The van der Waals surface area contributed by atoms with Crippen LogP contribution in [0.5, 0.6) is 5.75 Å². The van der Waals surface area contributed by atoms with Crippen molar-refractivity contribution in [3.05, 3.63) is 36.8 Å². The van der Waals surface area contributed by atoms with E-state index in [0.29, 0.717) is 13.0 Å². The van der Waals surface area contributed by atoms with Gasteiger partial charge in [0.1, 0.15) is 18.1 Å². The van der Waals surface area contributed by atoms with Gasteiger partial charge >= 0.3 is 0 Å². The normalized spacial score (nSPS) is 24.6. The Bertz CT molecular complexity index is 611. The third kappa shape index (κ3) is 2.99. The Hall–Kier alpha value is -1.89. The Labute approximate surface area is 128 Å². The SMILES string of the molecule is CCOc1ccc(-c2cn([C@H]3C[C@H](O)[C@@H](CO)O3)cn2)cc1. The first kappa shape index (κ1) is 15.0. The second-order valence-corrected chi connectivity index (χ2v) is 5.28. The van der Waals surface area contributed by atoms with Crippen LogP contribution in [-0.4, -0.2) is 45.2 Å². The van der Waals surface area contributed by atoms with Gasteiger partial charge in [0.2, 0.25) is 0 Å². The van der Waals surface area contributed by atoms with E-state index in [1.165, 1.54) is 0 Å². The molecular formula is C16H20N2O4. The topological polar surface area (TPSA) is 76.7 Å². The van der Waals surface area contributed by atoms with Gasteiger partial charge in [0, 0.05) is 18.2 Å². The first-order valence-electron chi connectivity index (χ1n) is 7.42. The largest absolute Gasteiger partial charge is 0.494 e. The molecule has 0 saturated carbocycles. The molecule has 2 aromatic rings. The quantitative estimate of drug-likeness (QED) is 0.877. The summed E-state index contributed by atoms with van der Waals surface area (Å²) < 4.78 is 12.9. The van der Waals surface area contributed by atoms with Crippen LogP contribution in [0.15, 0.2) is 36.8 Å². The highest BCUT2D eigenvalue weighted by atomic mass is 16.5. The zero-order valence-corrected chi connectivity index (χ0v) is 12.4. The molecule has 0 unspecified atom stereocenters. The number of aliphatic hydroxyl groups is 2. The second-order valence-electron chi connectivity index (χ2n) is 5.28. The molecule has 0 aliphatic carbocycles. The Morgan fingerprint density at radius 2 is 2.14 bits per heavy atom. The molecule has 6 nitrogen and oxygen atoms in total. The van der Waals surface area contributed by atoms with E-state index in [1.54, 1.807) is 6.33 Å². The van der Waals surface area contributed by atoms with E-state index in [1.807, 2.05) is 42.0 Å². The van der Waals surface area contributed by atoms with Crippen molar-refractivity contribution in [2.45, 2.75) is 31.8 Å². The maximum Gasteiger partial charge on any atom is 0.137 e. The number of hydrogen-bond donors (Lipinski definition) is 2. The molecule has 22 heavy (non-hydrogen) atoms. The minimum atomic E-state index is -0.647. The molecular weight excluding hydrogens is 284 g/mol. The number of aliphatic hydroxyl groups excluding tert-OH is 2. The molecule has 1 saturated heterocycles. The lowest BCUT2D eigenvalue weighted by Crippen LogP contribution is -2.24. The van der Waals surface area contributed by atoms with Crippen LogP contribution in [0.2, 0.25) is 0 Å². The first-order valence-corrected chi connectivity index (χ1v) is 7.42. The Morgan fingerprint density at radius 1 is 1.36 bits per heavy atom. The summed E-state index contributed by atoms with van der Waals surface area (Å²) in [5, 5.41) is 18.9. The van der Waals surface area contributed by atoms with Gasteiger partial charge in [-0.3, -0.25) is 0 Å². The summed E-state index contributed by atoms with van der Waals surface area (Å²) in [7, 11) is 0.